The quantitative estimate of drug-likeness (QED) is 0.638. The van der Waals surface area contributed by atoms with Gasteiger partial charge in [0, 0.05) is 30.4 Å². The fourth-order valence-corrected chi connectivity index (χ4v) is 8.09. The molecule has 2 aliphatic heterocycles. The van der Waals surface area contributed by atoms with Crippen LogP contribution < -0.4 is 5.32 Å². The van der Waals surface area contributed by atoms with Gasteiger partial charge in [0.05, 0.1) is 10.9 Å². The van der Waals surface area contributed by atoms with Crippen LogP contribution in [0.2, 0.25) is 0 Å². The number of hydrogen-bond donors (Lipinski definition) is 1. The number of hydrogen-bond acceptors (Lipinski definition) is 5. The number of likely N-dealkylation sites (tertiary alicyclic amines) is 1. The molecule has 1 unspecified atom stereocenters. The van der Waals surface area contributed by atoms with E-state index in [0.717, 1.165) is 29.8 Å². The van der Waals surface area contributed by atoms with Crippen LogP contribution in [0.15, 0.2) is 34.5 Å². The fourth-order valence-electron chi connectivity index (χ4n) is 5.35. The van der Waals surface area contributed by atoms with Crippen molar-refractivity contribution in [1.82, 2.24) is 14.5 Å². The van der Waals surface area contributed by atoms with Crippen LogP contribution in [0.4, 0.5) is 0 Å². The second kappa shape index (κ2) is 10.3. The van der Waals surface area contributed by atoms with Crippen LogP contribution in [0.3, 0.4) is 0 Å². The van der Waals surface area contributed by atoms with Gasteiger partial charge in [0.25, 0.3) is 0 Å². The number of nitrogens with zero attached hydrogens (tertiary/aromatic N) is 2. The Morgan fingerprint density at radius 3 is 2.30 bits per heavy atom. The molecule has 2 fully saturated rings. The molecule has 0 radical (unpaired) electrons. The van der Waals surface area contributed by atoms with E-state index in [-0.39, 0.29) is 17.9 Å². The van der Waals surface area contributed by atoms with E-state index in [1.54, 1.807) is 15.6 Å². The lowest BCUT2D eigenvalue weighted by molar-refractivity contribution is -0.126. The highest BCUT2D eigenvalue weighted by Gasteiger charge is 2.34. The highest BCUT2D eigenvalue weighted by molar-refractivity contribution is 7.89. The minimum atomic E-state index is -3.56. The van der Waals surface area contributed by atoms with Crippen LogP contribution >= 0.6 is 11.3 Å². The molecular weight excluding hydrogens is 454 g/mol. The van der Waals surface area contributed by atoms with Crippen LogP contribution in [0.25, 0.3) is 0 Å². The van der Waals surface area contributed by atoms with E-state index in [1.807, 2.05) is 32.9 Å². The number of nitrogens with one attached hydrogen (secondary N) is 1. The van der Waals surface area contributed by atoms with E-state index in [2.05, 4.69) is 27.7 Å². The molecule has 1 aromatic heterocycles. The number of amides is 1. The van der Waals surface area contributed by atoms with Crippen LogP contribution in [0, 0.1) is 26.7 Å². The van der Waals surface area contributed by atoms with Gasteiger partial charge in [-0.25, -0.2) is 8.42 Å². The van der Waals surface area contributed by atoms with Gasteiger partial charge in [-0.15, -0.1) is 11.3 Å². The van der Waals surface area contributed by atoms with Crippen molar-refractivity contribution in [3.8, 4) is 0 Å². The van der Waals surface area contributed by atoms with E-state index < -0.39 is 10.0 Å². The van der Waals surface area contributed by atoms with Gasteiger partial charge in [-0.3, -0.25) is 9.69 Å². The summed E-state index contributed by atoms with van der Waals surface area (Å²) in [5.41, 5.74) is 2.64. The summed E-state index contributed by atoms with van der Waals surface area (Å²) in [6.07, 6.45) is 3.54. The van der Waals surface area contributed by atoms with Gasteiger partial charge in [-0.05, 0) is 82.1 Å². The zero-order valence-corrected chi connectivity index (χ0v) is 21.5. The SMILES string of the molecule is Cc1cc(C)c(S(=O)(=O)N2CCC(C(=O)NCC(c3cccs3)N3CCCC3)CC2)c(C)c1. The van der Waals surface area contributed by atoms with E-state index in [9.17, 15) is 13.2 Å². The van der Waals surface area contributed by atoms with Crippen molar-refractivity contribution < 1.29 is 13.2 Å². The lowest BCUT2D eigenvalue weighted by Gasteiger charge is -2.32. The predicted molar refractivity (Wildman–Crippen MR) is 133 cm³/mol. The smallest absolute Gasteiger partial charge is 0.243 e. The van der Waals surface area contributed by atoms with Gasteiger partial charge in [-0.2, -0.15) is 4.31 Å². The van der Waals surface area contributed by atoms with Crippen molar-refractivity contribution in [3.05, 3.63) is 51.2 Å². The first-order valence-corrected chi connectivity index (χ1v) is 14.2. The van der Waals surface area contributed by atoms with Crippen LogP contribution in [0.5, 0.6) is 0 Å². The molecule has 0 spiro atoms. The zero-order valence-electron chi connectivity index (χ0n) is 19.8. The number of piperidine rings is 1. The predicted octanol–water partition coefficient (Wildman–Crippen LogP) is 4.03. The molecule has 33 heavy (non-hydrogen) atoms. The number of carbonyl (C=O) groups is 1. The van der Waals surface area contributed by atoms with Crippen LogP contribution in [-0.2, 0) is 14.8 Å². The second-order valence-corrected chi connectivity index (χ2v) is 12.3. The minimum absolute atomic E-state index is 0.0514. The topological polar surface area (TPSA) is 69.7 Å². The third kappa shape index (κ3) is 5.34. The fraction of sp³-hybridized carbons (Fsp3) is 0.560. The molecule has 2 aromatic rings. The molecule has 1 atom stereocenters. The maximum Gasteiger partial charge on any atom is 0.243 e. The van der Waals surface area contributed by atoms with E-state index in [0.29, 0.717) is 37.4 Å². The number of benzene rings is 1. The Labute approximate surface area is 202 Å². The molecule has 4 rings (SSSR count). The van der Waals surface area contributed by atoms with Crippen LogP contribution in [-0.4, -0.2) is 56.3 Å². The molecular formula is C25H35N3O3S2. The molecule has 1 aromatic carbocycles. The molecule has 6 nitrogen and oxygen atoms in total. The Kier molecular flexibility index (Phi) is 7.58. The third-order valence-corrected chi connectivity index (χ3v) is 10.1. The van der Waals surface area contributed by atoms with Crippen molar-refractivity contribution in [2.24, 2.45) is 5.92 Å². The van der Waals surface area contributed by atoms with E-state index >= 15 is 0 Å². The summed E-state index contributed by atoms with van der Waals surface area (Å²) in [5, 5.41) is 5.28. The Morgan fingerprint density at radius 1 is 1.09 bits per heavy atom. The number of carbonyl (C=O) groups excluding carboxylic acids is 1. The number of rotatable bonds is 7. The average molecular weight is 490 g/mol. The summed E-state index contributed by atoms with van der Waals surface area (Å²) >= 11 is 1.74. The van der Waals surface area contributed by atoms with Gasteiger partial charge in [-0.1, -0.05) is 23.8 Å². The third-order valence-electron chi connectivity index (χ3n) is 6.95. The Hall–Kier alpha value is -1.74. The molecule has 0 aliphatic carbocycles. The summed E-state index contributed by atoms with van der Waals surface area (Å²) < 4.78 is 28.2. The van der Waals surface area contributed by atoms with Gasteiger partial charge in [0.15, 0.2) is 0 Å². The van der Waals surface area contributed by atoms with Crippen LogP contribution in [0.1, 0.15) is 53.3 Å². The average Bonchev–Trinajstić information content (AvgIpc) is 3.48. The highest BCUT2D eigenvalue weighted by atomic mass is 32.2. The lowest BCUT2D eigenvalue weighted by atomic mass is 9.97. The standard InChI is InChI=1S/C25H35N3O3S2/c1-18-15-19(2)24(20(3)16-18)33(30,31)28-12-8-21(9-13-28)25(29)26-17-22(23-7-6-14-32-23)27-10-4-5-11-27/h6-7,14-16,21-22H,4-5,8-13,17H2,1-3H3,(H,26,29). The first-order valence-electron chi connectivity index (χ1n) is 11.9. The maximum atomic E-state index is 13.3. The molecule has 1 N–H and O–H groups in total. The summed E-state index contributed by atoms with van der Waals surface area (Å²) in [5.74, 6) is -0.0882. The lowest BCUT2D eigenvalue weighted by Crippen LogP contribution is -2.44. The molecule has 0 saturated carbocycles. The summed E-state index contributed by atoms with van der Waals surface area (Å²) in [7, 11) is -3.56. The molecule has 0 bridgehead atoms. The van der Waals surface area contributed by atoms with Crippen molar-refractivity contribution >= 4 is 27.3 Å². The van der Waals surface area contributed by atoms with Crippen molar-refractivity contribution in [3.63, 3.8) is 0 Å². The molecule has 2 aliphatic rings. The van der Waals surface area contributed by atoms with Crippen molar-refractivity contribution in [2.45, 2.75) is 57.4 Å². The van der Waals surface area contributed by atoms with Gasteiger partial charge in [0.1, 0.15) is 0 Å². The van der Waals surface area contributed by atoms with E-state index in [4.69, 9.17) is 0 Å². The minimum Gasteiger partial charge on any atom is -0.354 e. The zero-order chi connectivity index (χ0) is 23.6. The molecule has 8 heteroatoms. The van der Waals surface area contributed by atoms with E-state index in [1.165, 1.54) is 17.7 Å². The largest absolute Gasteiger partial charge is 0.354 e. The molecule has 180 valence electrons. The van der Waals surface area contributed by atoms with Gasteiger partial charge >= 0.3 is 0 Å². The Bertz CT molecular complexity index is 1050. The second-order valence-electron chi connectivity index (χ2n) is 9.43. The van der Waals surface area contributed by atoms with Crippen molar-refractivity contribution in [1.29, 1.82) is 0 Å². The number of aryl methyl sites for hydroxylation is 3. The summed E-state index contributed by atoms with van der Waals surface area (Å²) in [4.78, 5) is 17.1. The Morgan fingerprint density at radius 2 is 1.73 bits per heavy atom. The number of thiophene rings is 1. The maximum absolute atomic E-state index is 13.3. The normalized spacial score (nSPS) is 19.6. The molecule has 1 amide bonds. The number of sulfonamides is 1. The molecule has 2 saturated heterocycles. The molecule has 3 heterocycles. The van der Waals surface area contributed by atoms with Gasteiger partial charge < -0.3 is 5.32 Å². The van der Waals surface area contributed by atoms with Gasteiger partial charge in [0.2, 0.25) is 15.9 Å². The first kappa shape index (κ1) is 24.4. The van der Waals surface area contributed by atoms with Crippen molar-refractivity contribution in [2.75, 3.05) is 32.7 Å². The summed E-state index contributed by atoms with van der Waals surface area (Å²) in [6, 6.07) is 8.29. The summed E-state index contributed by atoms with van der Waals surface area (Å²) in [6.45, 7) is 9.22. The Balaban J connectivity index is 1.36. The first-order chi connectivity index (χ1) is 15.8. The highest BCUT2D eigenvalue weighted by Crippen LogP contribution is 2.30. The monoisotopic (exact) mass is 489 g/mol.